The molecule has 11 heavy (non-hydrogen) atoms. The number of rotatable bonds is 1. The molecule has 1 rings (SSSR count). The third-order valence-electron chi connectivity index (χ3n) is 1.13. The van der Waals surface area contributed by atoms with Crippen LogP contribution in [0, 0.1) is 17.1 Å². The average Bonchev–Trinajstić information content (AvgIpc) is 1.98. The van der Waals surface area contributed by atoms with Crippen LogP contribution in [0.25, 0.3) is 0 Å². The fourth-order valence-corrected chi connectivity index (χ4v) is 0.822. The highest BCUT2D eigenvalue weighted by Gasteiger charge is 2.02. The van der Waals surface area contributed by atoms with Crippen LogP contribution in [0.2, 0.25) is 5.15 Å². The van der Waals surface area contributed by atoms with Gasteiger partial charge in [0.1, 0.15) is 11.0 Å². The maximum absolute atomic E-state index is 12.7. The molecule has 0 saturated carbocycles. The van der Waals surface area contributed by atoms with Crippen LogP contribution in [-0.4, -0.2) is 4.98 Å². The second kappa shape index (κ2) is 3.31. The number of hydrogen-bond acceptors (Lipinski definition) is 2. The minimum atomic E-state index is -0.490. The molecule has 0 spiro atoms. The van der Waals surface area contributed by atoms with Crippen molar-refractivity contribution < 1.29 is 4.39 Å². The Bertz CT molecular complexity index is 306. The van der Waals surface area contributed by atoms with Gasteiger partial charge in [-0.15, -0.1) is 0 Å². The topological polar surface area (TPSA) is 36.7 Å². The lowest BCUT2D eigenvalue weighted by Gasteiger charge is -1.95. The third-order valence-corrected chi connectivity index (χ3v) is 1.34. The minimum absolute atomic E-state index is 0.0492. The van der Waals surface area contributed by atoms with E-state index in [4.69, 9.17) is 16.9 Å². The molecule has 2 nitrogen and oxygen atoms in total. The summed E-state index contributed by atoms with van der Waals surface area (Å²) in [4.78, 5) is 3.63. The number of hydrogen-bond donors (Lipinski definition) is 0. The lowest BCUT2D eigenvalue weighted by Crippen LogP contribution is -1.92. The molecule has 0 aromatic carbocycles. The van der Waals surface area contributed by atoms with Crippen molar-refractivity contribution in [2.75, 3.05) is 0 Å². The summed E-state index contributed by atoms with van der Waals surface area (Å²) in [5.74, 6) is -0.490. The molecule has 0 aliphatic heterocycles. The molecule has 4 heteroatoms. The normalized spacial score (nSPS) is 9.18. The second-order valence-corrected chi connectivity index (χ2v) is 2.28. The molecule has 0 aliphatic carbocycles. The summed E-state index contributed by atoms with van der Waals surface area (Å²) < 4.78 is 12.7. The summed E-state index contributed by atoms with van der Waals surface area (Å²) in [6, 6.07) is 4.33. The van der Waals surface area contributed by atoms with Crippen molar-refractivity contribution >= 4 is 11.6 Å². The van der Waals surface area contributed by atoms with Crippen molar-refractivity contribution in [3.8, 4) is 6.07 Å². The van der Waals surface area contributed by atoms with Gasteiger partial charge in [-0.3, -0.25) is 0 Å². The van der Waals surface area contributed by atoms with Gasteiger partial charge in [0, 0.05) is 0 Å². The van der Waals surface area contributed by atoms with E-state index in [0.717, 1.165) is 0 Å². The van der Waals surface area contributed by atoms with Crippen molar-refractivity contribution in [3.63, 3.8) is 0 Å². The first-order chi connectivity index (χ1) is 5.24. The Labute approximate surface area is 68.2 Å². The molecule has 1 aromatic rings. The molecule has 0 amide bonds. The van der Waals surface area contributed by atoms with Crippen LogP contribution >= 0.6 is 11.6 Å². The average molecular weight is 171 g/mol. The van der Waals surface area contributed by atoms with Gasteiger partial charge in [0.25, 0.3) is 0 Å². The molecular formula is C7H4ClFN2. The van der Waals surface area contributed by atoms with Crippen LogP contribution < -0.4 is 0 Å². The Morgan fingerprint density at radius 2 is 2.36 bits per heavy atom. The summed E-state index contributed by atoms with van der Waals surface area (Å²) >= 11 is 5.47. The Kier molecular flexibility index (Phi) is 2.40. The number of nitrogens with zero attached hydrogens (tertiary/aromatic N) is 2. The minimum Gasteiger partial charge on any atom is -0.237 e. The summed E-state index contributed by atoms with van der Waals surface area (Å²) in [6.07, 6.45) is -0.0492. The maximum Gasteiger partial charge on any atom is 0.145 e. The molecule has 0 N–H and O–H groups in total. The van der Waals surface area contributed by atoms with Crippen molar-refractivity contribution in [2.45, 2.75) is 6.42 Å². The summed E-state index contributed by atoms with van der Waals surface area (Å²) in [5, 5.41) is 8.44. The van der Waals surface area contributed by atoms with E-state index in [1.807, 2.05) is 0 Å². The van der Waals surface area contributed by atoms with Crippen molar-refractivity contribution in [1.82, 2.24) is 4.98 Å². The van der Waals surface area contributed by atoms with Crippen LogP contribution in [0.15, 0.2) is 12.1 Å². The monoisotopic (exact) mass is 170 g/mol. The number of halogens is 2. The quantitative estimate of drug-likeness (QED) is 0.604. The Morgan fingerprint density at radius 1 is 1.64 bits per heavy atom. The molecule has 56 valence electrons. The summed E-state index contributed by atoms with van der Waals surface area (Å²) in [7, 11) is 0. The van der Waals surface area contributed by atoms with Crippen LogP contribution in [0.5, 0.6) is 0 Å². The summed E-state index contributed by atoms with van der Waals surface area (Å²) in [5.41, 5.74) is 0.0972. The van der Waals surface area contributed by atoms with Gasteiger partial charge in [0.2, 0.25) is 0 Å². The third kappa shape index (κ3) is 1.89. The molecular weight excluding hydrogens is 167 g/mol. The highest BCUT2D eigenvalue weighted by molar-refractivity contribution is 6.29. The molecule has 1 heterocycles. The first kappa shape index (κ1) is 7.96. The predicted molar refractivity (Wildman–Crippen MR) is 38.5 cm³/mol. The van der Waals surface area contributed by atoms with Crippen LogP contribution in [0.1, 0.15) is 5.69 Å². The van der Waals surface area contributed by atoms with E-state index in [9.17, 15) is 4.39 Å². The van der Waals surface area contributed by atoms with Crippen LogP contribution in [0.3, 0.4) is 0 Å². The fraction of sp³-hybridized carbons (Fsp3) is 0.143. The zero-order valence-electron chi connectivity index (χ0n) is 5.51. The van der Waals surface area contributed by atoms with Crippen molar-refractivity contribution in [1.29, 1.82) is 5.26 Å². The van der Waals surface area contributed by atoms with Crippen LogP contribution in [-0.2, 0) is 6.42 Å². The van der Waals surface area contributed by atoms with Gasteiger partial charge < -0.3 is 0 Å². The number of pyridine rings is 1. The fourth-order valence-electron chi connectivity index (χ4n) is 0.657. The zero-order chi connectivity index (χ0) is 8.27. The van der Waals surface area contributed by atoms with E-state index in [-0.39, 0.29) is 17.3 Å². The van der Waals surface area contributed by atoms with Gasteiger partial charge in [-0.05, 0) is 12.1 Å². The SMILES string of the molecule is N#CCc1nc(Cl)ccc1F. The molecule has 0 atom stereocenters. The second-order valence-electron chi connectivity index (χ2n) is 1.90. The molecule has 0 unspecified atom stereocenters. The molecule has 0 bridgehead atoms. The van der Waals surface area contributed by atoms with E-state index >= 15 is 0 Å². The predicted octanol–water partition coefficient (Wildman–Crippen LogP) is 1.94. The highest BCUT2D eigenvalue weighted by atomic mass is 35.5. The molecule has 0 fully saturated rings. The number of nitriles is 1. The van der Waals surface area contributed by atoms with E-state index in [2.05, 4.69) is 4.98 Å². The van der Waals surface area contributed by atoms with Gasteiger partial charge in [-0.1, -0.05) is 11.6 Å². The molecule has 0 aliphatic rings. The highest BCUT2D eigenvalue weighted by Crippen LogP contribution is 2.09. The van der Waals surface area contributed by atoms with E-state index < -0.39 is 5.82 Å². The first-order valence-corrected chi connectivity index (χ1v) is 3.29. The van der Waals surface area contributed by atoms with Gasteiger partial charge in [-0.25, -0.2) is 9.37 Å². The largest absolute Gasteiger partial charge is 0.237 e. The smallest absolute Gasteiger partial charge is 0.145 e. The zero-order valence-corrected chi connectivity index (χ0v) is 6.27. The summed E-state index contributed by atoms with van der Waals surface area (Å²) in [6.45, 7) is 0. The van der Waals surface area contributed by atoms with Gasteiger partial charge in [-0.2, -0.15) is 5.26 Å². The Balaban J connectivity index is 3.05. The van der Waals surface area contributed by atoms with Gasteiger partial charge >= 0.3 is 0 Å². The standard InChI is InChI=1S/C7H4ClFN2/c8-7-2-1-5(9)6(11-7)3-4-10/h1-2H,3H2. The lowest BCUT2D eigenvalue weighted by atomic mass is 10.3. The lowest BCUT2D eigenvalue weighted by molar-refractivity contribution is 0.605. The van der Waals surface area contributed by atoms with E-state index in [0.29, 0.717) is 0 Å². The van der Waals surface area contributed by atoms with Crippen LogP contribution in [0.4, 0.5) is 4.39 Å². The van der Waals surface area contributed by atoms with E-state index in [1.165, 1.54) is 12.1 Å². The van der Waals surface area contributed by atoms with Gasteiger partial charge in [0.05, 0.1) is 18.2 Å². The molecule has 0 saturated heterocycles. The Morgan fingerprint density at radius 3 is 3.00 bits per heavy atom. The first-order valence-electron chi connectivity index (χ1n) is 2.92. The molecule has 1 aromatic heterocycles. The number of aromatic nitrogens is 1. The maximum atomic E-state index is 12.7. The van der Waals surface area contributed by atoms with Gasteiger partial charge in [0.15, 0.2) is 0 Å². The Hall–Kier alpha value is -1.14. The van der Waals surface area contributed by atoms with Crippen molar-refractivity contribution in [3.05, 3.63) is 28.8 Å². The van der Waals surface area contributed by atoms with Crippen molar-refractivity contribution in [2.24, 2.45) is 0 Å². The van der Waals surface area contributed by atoms with E-state index in [1.54, 1.807) is 6.07 Å². The molecule has 0 radical (unpaired) electrons.